The summed E-state index contributed by atoms with van der Waals surface area (Å²) in [7, 11) is -16.4. The zero-order valence-electron chi connectivity index (χ0n) is 34.6. The van der Waals surface area contributed by atoms with E-state index in [4.69, 9.17) is 19.5 Å². The molecule has 2 unspecified atom stereocenters. The monoisotopic (exact) mass is 961 g/mol. The fourth-order valence-electron chi connectivity index (χ4n) is 5.97. The fraction of sp³-hybridized carbons (Fsp3) is 0.706. The van der Waals surface area contributed by atoms with Gasteiger partial charge >= 0.3 is 23.5 Å². The van der Waals surface area contributed by atoms with Gasteiger partial charge in [-0.05, 0) is 12.8 Å². The summed E-state index contributed by atoms with van der Waals surface area (Å²) in [5.41, 5.74) is 5.16. The third-order valence-electron chi connectivity index (χ3n) is 9.29. The Hall–Kier alpha value is -2.70. The molecule has 2 aromatic heterocycles. The van der Waals surface area contributed by atoms with Crippen LogP contribution in [0.25, 0.3) is 11.2 Å². The van der Waals surface area contributed by atoms with Gasteiger partial charge in [-0.2, -0.15) is 4.31 Å². The normalized spacial score (nSPS) is 20.7. The van der Waals surface area contributed by atoms with Crippen molar-refractivity contribution in [2.75, 3.05) is 37.8 Å². The Morgan fingerprint density at radius 2 is 1.65 bits per heavy atom. The van der Waals surface area contributed by atoms with E-state index in [9.17, 15) is 57.9 Å². The second-order valence-electron chi connectivity index (χ2n) is 15.1. The van der Waals surface area contributed by atoms with Crippen molar-refractivity contribution in [3.05, 3.63) is 24.8 Å². The highest BCUT2D eigenvalue weighted by atomic mass is 32.2. The molecule has 3 rings (SSSR count). The Bertz CT molecular complexity index is 1970. The van der Waals surface area contributed by atoms with Gasteiger partial charge in [-0.25, -0.2) is 28.6 Å². The van der Waals surface area contributed by atoms with E-state index in [2.05, 4.69) is 47.9 Å². The maximum atomic E-state index is 12.7. The molecule has 7 atom stereocenters. The first-order chi connectivity index (χ1) is 28.9. The first kappa shape index (κ1) is 53.6. The van der Waals surface area contributed by atoms with E-state index >= 15 is 0 Å². The van der Waals surface area contributed by atoms with Crippen molar-refractivity contribution in [1.29, 1.82) is 0 Å². The van der Waals surface area contributed by atoms with Crippen LogP contribution in [0.4, 0.5) is 5.82 Å². The highest BCUT2D eigenvalue weighted by Gasteiger charge is 2.50. The molecule has 0 spiro atoms. The average Bonchev–Trinajstić information content (AvgIpc) is 3.74. The first-order valence-electron chi connectivity index (χ1n) is 19.7. The number of nitrogens with zero attached hydrogens (tertiary/aromatic N) is 4. The number of rotatable bonds is 29. The van der Waals surface area contributed by atoms with E-state index in [0.717, 1.165) is 53.8 Å². The van der Waals surface area contributed by atoms with Gasteiger partial charge in [0.1, 0.15) is 36.3 Å². The SMILES string of the molecule is C=C(CCCCCCCCC)CC(=O)SCCNC(=O)CCNC(=O)[C@H](O)C(C)(C)COP(=O)(O)OP(=O)(O)OC[C@@H]1O[C@H](n2cnc3c(N)ncnc32)[C@@H](O)[C@H]1OP(=O)(O)O. The molecular weight excluding hydrogens is 903 g/mol. The van der Waals surface area contributed by atoms with Crippen LogP contribution in [0.2, 0.25) is 0 Å². The molecule has 352 valence electrons. The van der Waals surface area contributed by atoms with Crippen LogP contribution < -0.4 is 16.4 Å². The second kappa shape index (κ2) is 24.6. The molecule has 1 fully saturated rings. The van der Waals surface area contributed by atoms with Gasteiger partial charge < -0.3 is 50.9 Å². The minimum absolute atomic E-state index is 0.0311. The Labute approximate surface area is 362 Å². The van der Waals surface area contributed by atoms with Crippen LogP contribution in [0.5, 0.6) is 0 Å². The number of aliphatic hydroxyl groups is 2. The molecule has 0 saturated carbocycles. The number of nitrogen functional groups attached to an aromatic ring is 1. The van der Waals surface area contributed by atoms with E-state index in [1.807, 2.05) is 0 Å². The highest BCUT2D eigenvalue weighted by molar-refractivity contribution is 8.13. The van der Waals surface area contributed by atoms with Gasteiger partial charge in [0, 0.05) is 37.1 Å². The highest BCUT2D eigenvalue weighted by Crippen LogP contribution is 2.61. The molecule has 1 saturated heterocycles. The molecule has 1 aliphatic heterocycles. The number of nitrogens with two attached hydrogens (primary N) is 1. The summed E-state index contributed by atoms with van der Waals surface area (Å²) in [6.45, 7) is 6.68. The Balaban J connectivity index is 1.39. The molecule has 0 aromatic carbocycles. The van der Waals surface area contributed by atoms with Crippen molar-refractivity contribution >= 4 is 69.1 Å². The van der Waals surface area contributed by atoms with Gasteiger partial charge in [0.05, 0.1) is 19.5 Å². The van der Waals surface area contributed by atoms with E-state index in [0.29, 0.717) is 5.75 Å². The summed E-state index contributed by atoms with van der Waals surface area (Å²) in [6, 6.07) is 0. The van der Waals surface area contributed by atoms with Crippen molar-refractivity contribution < 1.29 is 80.5 Å². The number of nitrogens with one attached hydrogen (secondary N) is 2. The molecule has 28 heteroatoms. The fourth-order valence-corrected chi connectivity index (χ4v) is 9.54. The van der Waals surface area contributed by atoms with E-state index in [1.165, 1.54) is 46.0 Å². The number of amides is 2. The Morgan fingerprint density at radius 3 is 2.32 bits per heavy atom. The van der Waals surface area contributed by atoms with E-state index in [1.54, 1.807) is 0 Å². The molecule has 0 radical (unpaired) electrons. The topological polar surface area (TPSA) is 364 Å². The van der Waals surface area contributed by atoms with Crippen LogP contribution in [0.1, 0.15) is 91.2 Å². The number of aromatic nitrogens is 4. The van der Waals surface area contributed by atoms with Gasteiger partial charge in [-0.15, -0.1) is 0 Å². The lowest BCUT2D eigenvalue weighted by atomic mass is 9.87. The largest absolute Gasteiger partial charge is 0.481 e. The molecule has 3 heterocycles. The molecule has 10 N–H and O–H groups in total. The Kier molecular flexibility index (Phi) is 21.2. The number of unbranched alkanes of at least 4 members (excludes halogenated alkanes) is 6. The van der Waals surface area contributed by atoms with Crippen LogP contribution in [0.3, 0.4) is 0 Å². The van der Waals surface area contributed by atoms with Crippen molar-refractivity contribution in [1.82, 2.24) is 30.2 Å². The molecule has 0 aliphatic carbocycles. The molecule has 0 bridgehead atoms. The minimum atomic E-state index is -5.58. The predicted molar refractivity (Wildman–Crippen MR) is 223 cm³/mol. The van der Waals surface area contributed by atoms with Gasteiger partial charge in [-0.3, -0.25) is 32.5 Å². The minimum Gasteiger partial charge on any atom is -0.386 e. The molecule has 1 aliphatic rings. The number of imidazole rings is 1. The van der Waals surface area contributed by atoms with E-state index < -0.39 is 84.6 Å². The van der Waals surface area contributed by atoms with Gasteiger partial charge in [0.15, 0.2) is 22.8 Å². The number of aliphatic hydroxyl groups excluding tert-OH is 2. The van der Waals surface area contributed by atoms with Gasteiger partial charge in [0.2, 0.25) is 11.8 Å². The lowest BCUT2D eigenvalue weighted by molar-refractivity contribution is -0.137. The van der Waals surface area contributed by atoms with Gasteiger partial charge in [0.25, 0.3) is 0 Å². The van der Waals surface area contributed by atoms with Crippen molar-refractivity contribution in [2.45, 2.75) is 116 Å². The number of ether oxygens (including phenoxy) is 1. The third-order valence-corrected chi connectivity index (χ3v) is 13.3. The predicted octanol–water partition coefficient (Wildman–Crippen LogP) is 2.75. The quantitative estimate of drug-likeness (QED) is 0.0321. The van der Waals surface area contributed by atoms with E-state index in [-0.39, 0.29) is 48.0 Å². The molecule has 62 heavy (non-hydrogen) atoms. The number of phosphoric ester groups is 3. The summed E-state index contributed by atoms with van der Waals surface area (Å²) in [5, 5.41) is 26.5. The van der Waals surface area contributed by atoms with Crippen molar-refractivity contribution in [3.8, 4) is 0 Å². The number of carbonyl (C=O) groups excluding carboxylic acids is 3. The molecule has 24 nitrogen and oxygen atoms in total. The average molecular weight is 962 g/mol. The lowest BCUT2D eigenvalue weighted by Crippen LogP contribution is -2.46. The summed E-state index contributed by atoms with van der Waals surface area (Å²) in [6.07, 6.45) is 2.39. The number of hydrogen-bond acceptors (Lipinski definition) is 18. The number of carbonyl (C=O) groups is 3. The zero-order chi connectivity index (χ0) is 46.3. The first-order valence-corrected chi connectivity index (χ1v) is 25.2. The molecule has 2 amide bonds. The number of allylic oxidation sites excluding steroid dienone is 1. The van der Waals surface area contributed by atoms with Crippen molar-refractivity contribution in [2.24, 2.45) is 5.41 Å². The zero-order valence-corrected chi connectivity index (χ0v) is 38.1. The third kappa shape index (κ3) is 18.1. The van der Waals surface area contributed by atoms with Crippen LogP contribution in [-0.4, -0.2) is 123 Å². The smallest absolute Gasteiger partial charge is 0.386 e. The van der Waals surface area contributed by atoms with Crippen LogP contribution in [0, 0.1) is 5.41 Å². The van der Waals surface area contributed by atoms with Crippen LogP contribution in [-0.2, 0) is 50.7 Å². The summed E-state index contributed by atoms with van der Waals surface area (Å²) >= 11 is 1.09. The lowest BCUT2D eigenvalue weighted by Gasteiger charge is -2.30. The maximum absolute atomic E-state index is 12.7. The Morgan fingerprint density at radius 1 is 0.984 bits per heavy atom. The van der Waals surface area contributed by atoms with Crippen LogP contribution in [0.15, 0.2) is 24.8 Å². The summed E-state index contributed by atoms with van der Waals surface area (Å²) < 4.78 is 62.3. The standard InChI is InChI=1S/C34H58N7O17P3S/c1-5-6-7-8-9-10-11-12-22(2)17-25(43)62-16-15-36-24(42)13-14-37-32(46)29(45)34(3,4)19-55-61(52,53)58-60(50,51)54-18-23-28(57-59(47,48)49)27(44)33(56-23)41-21-40-26-30(35)38-20-39-31(26)41/h20-21,23,27-29,33,44-45H,2,5-19H2,1,3-4H3,(H,36,42)(H,37,46)(H,50,51)(H,52,53)(H2,35,38,39)(H2,47,48,49)/t23-,27-,28-,29-,33-/m0/s1. The molecular formula is C34H58N7O17P3S. The summed E-state index contributed by atoms with van der Waals surface area (Å²) in [4.78, 5) is 88.2. The number of phosphoric acid groups is 3. The maximum Gasteiger partial charge on any atom is 0.481 e. The summed E-state index contributed by atoms with van der Waals surface area (Å²) in [5.74, 6) is -1.10. The number of anilines is 1. The number of hydrogen-bond donors (Lipinski definition) is 9. The molecule has 2 aromatic rings. The van der Waals surface area contributed by atoms with Gasteiger partial charge in [-0.1, -0.05) is 83.2 Å². The van der Waals surface area contributed by atoms with Crippen molar-refractivity contribution in [3.63, 3.8) is 0 Å². The second-order valence-corrected chi connectivity index (χ2v) is 20.5. The number of thioether (sulfide) groups is 1. The van der Waals surface area contributed by atoms with Crippen LogP contribution >= 0.6 is 35.2 Å². The number of fused-ring (bicyclic) bond motifs is 1.